The van der Waals surface area contributed by atoms with Crippen molar-refractivity contribution in [3.8, 4) is 39.2 Å². The van der Waals surface area contributed by atoms with Gasteiger partial charge in [-0.15, -0.1) is 0 Å². The normalized spacial score (nSPS) is 15.9. The highest BCUT2D eigenvalue weighted by Crippen LogP contribution is 2.54. The van der Waals surface area contributed by atoms with Gasteiger partial charge in [-0.2, -0.15) is 0 Å². The van der Waals surface area contributed by atoms with E-state index in [0.717, 1.165) is 7.28 Å². The molecule has 0 saturated carbocycles. The van der Waals surface area contributed by atoms with Crippen LogP contribution < -0.4 is 10.9 Å². The third-order valence-electron chi connectivity index (χ3n) is 11.1. The molecule has 5 aromatic carbocycles. The molecule has 0 unspecified atom stereocenters. The summed E-state index contributed by atoms with van der Waals surface area (Å²) in [6.45, 7) is 11.8. The average molecular weight is 565 g/mol. The lowest BCUT2D eigenvalue weighted by atomic mass is 9.59. The second kappa shape index (κ2) is 7.84. The number of aromatic nitrogens is 2. The second-order valence-corrected chi connectivity index (χ2v) is 14.3. The molecule has 210 valence electrons. The Morgan fingerprint density at radius 2 is 1.34 bits per heavy atom. The fourth-order valence-electron chi connectivity index (χ4n) is 9.32. The number of para-hydroxylation sites is 2. The van der Waals surface area contributed by atoms with E-state index in [2.05, 4.69) is 141 Å². The molecule has 3 aliphatic rings. The van der Waals surface area contributed by atoms with E-state index >= 15 is 0 Å². The summed E-state index contributed by atoms with van der Waals surface area (Å²) in [4.78, 5) is 3.97. The number of H-pyrrole nitrogens is 1. The molecule has 2 aromatic heterocycles. The SMILES string of the molecule is Cc1cc(-c2cccc3c4c([nH]c23)-c2ccccc2C4(C)C)c2c(c1)-n1c3c(c4cccc(c41)B2)-c1ccccc1C3(C)C. The largest absolute Gasteiger partial charge is 0.354 e. The van der Waals surface area contributed by atoms with Crippen LogP contribution in [0.4, 0.5) is 0 Å². The molecular weight excluding hydrogens is 531 g/mol. The van der Waals surface area contributed by atoms with E-state index < -0.39 is 0 Å². The molecule has 0 saturated heterocycles. The lowest BCUT2D eigenvalue weighted by Crippen LogP contribution is -2.39. The summed E-state index contributed by atoms with van der Waals surface area (Å²) in [5.74, 6) is 0. The lowest BCUT2D eigenvalue weighted by Gasteiger charge is -2.29. The minimum Gasteiger partial charge on any atom is -0.354 e. The molecule has 2 aliphatic carbocycles. The predicted octanol–water partition coefficient (Wildman–Crippen LogP) is 8.40. The minimum absolute atomic E-state index is 0.0499. The molecule has 0 spiro atoms. The maximum atomic E-state index is 3.97. The van der Waals surface area contributed by atoms with Crippen LogP contribution in [0.25, 0.3) is 61.0 Å². The third kappa shape index (κ3) is 2.76. The van der Waals surface area contributed by atoms with Crippen LogP contribution in [0.5, 0.6) is 0 Å². The van der Waals surface area contributed by atoms with Gasteiger partial charge in [0.25, 0.3) is 0 Å². The molecule has 0 bridgehead atoms. The Bertz CT molecular complexity index is 2430. The number of fused-ring (bicyclic) bond motifs is 12. The van der Waals surface area contributed by atoms with Crippen LogP contribution in [0.15, 0.2) is 97.1 Å². The van der Waals surface area contributed by atoms with Crippen LogP contribution in [-0.4, -0.2) is 16.8 Å². The third-order valence-corrected chi connectivity index (χ3v) is 11.1. The van der Waals surface area contributed by atoms with Crippen molar-refractivity contribution < 1.29 is 0 Å². The highest BCUT2D eigenvalue weighted by atomic mass is 15.0. The standard InChI is InChI=1S/C41H33BN2/c1-22-20-28(23-14-10-16-27-34-37(43-36(23)27)25-13-7-9-18-30(25)40(34,2)3)35-32(21-22)44-38-26(15-11-19-31(38)42-35)33-24-12-6-8-17-29(24)41(4,5)39(33)44/h6-21,42-43H,1-5H3. The first-order chi connectivity index (χ1) is 21.3. The van der Waals surface area contributed by atoms with E-state index in [1.807, 2.05) is 0 Å². The Labute approximate surface area is 258 Å². The zero-order valence-electron chi connectivity index (χ0n) is 25.9. The van der Waals surface area contributed by atoms with Gasteiger partial charge in [0, 0.05) is 55.2 Å². The number of hydrogen-bond donors (Lipinski definition) is 1. The van der Waals surface area contributed by atoms with Gasteiger partial charge in [0.1, 0.15) is 0 Å². The molecule has 2 nitrogen and oxygen atoms in total. The zero-order chi connectivity index (χ0) is 29.7. The van der Waals surface area contributed by atoms with Gasteiger partial charge in [0.05, 0.1) is 11.2 Å². The van der Waals surface area contributed by atoms with Gasteiger partial charge in [-0.3, -0.25) is 0 Å². The second-order valence-electron chi connectivity index (χ2n) is 14.3. The van der Waals surface area contributed by atoms with Gasteiger partial charge in [-0.1, -0.05) is 124 Å². The summed E-state index contributed by atoms with van der Waals surface area (Å²) in [5, 5.41) is 2.72. The highest BCUT2D eigenvalue weighted by molar-refractivity contribution is 6.73. The highest BCUT2D eigenvalue weighted by Gasteiger charge is 2.43. The number of benzene rings is 5. The minimum atomic E-state index is -0.0972. The van der Waals surface area contributed by atoms with Crippen molar-refractivity contribution in [1.29, 1.82) is 0 Å². The monoisotopic (exact) mass is 564 g/mol. The van der Waals surface area contributed by atoms with Crippen molar-refractivity contribution in [3.63, 3.8) is 0 Å². The molecule has 3 heteroatoms. The molecule has 1 aliphatic heterocycles. The van der Waals surface area contributed by atoms with E-state index in [1.165, 1.54) is 99.9 Å². The summed E-state index contributed by atoms with van der Waals surface area (Å²) in [7, 11) is 0.929. The van der Waals surface area contributed by atoms with Crippen molar-refractivity contribution >= 4 is 40.0 Å². The first-order valence-corrected chi connectivity index (χ1v) is 15.9. The molecular formula is C41H33BN2. The summed E-state index contributed by atoms with van der Waals surface area (Å²) in [6, 6.07) is 36.7. The van der Waals surface area contributed by atoms with Gasteiger partial charge in [0.15, 0.2) is 7.28 Å². The fraction of sp³-hybridized carbons (Fsp3) is 0.171. The van der Waals surface area contributed by atoms with Crippen molar-refractivity contribution in [2.75, 3.05) is 0 Å². The summed E-state index contributed by atoms with van der Waals surface area (Å²) in [6.07, 6.45) is 0. The zero-order valence-corrected chi connectivity index (χ0v) is 25.9. The van der Waals surface area contributed by atoms with E-state index in [9.17, 15) is 0 Å². The lowest BCUT2D eigenvalue weighted by molar-refractivity contribution is 0.624. The summed E-state index contributed by atoms with van der Waals surface area (Å²) in [5.41, 5.74) is 21.7. The molecule has 0 fully saturated rings. The van der Waals surface area contributed by atoms with Gasteiger partial charge in [-0.05, 0) is 51.8 Å². The van der Waals surface area contributed by atoms with Gasteiger partial charge in [0.2, 0.25) is 0 Å². The smallest absolute Gasteiger partial charge is 0.198 e. The van der Waals surface area contributed by atoms with E-state index in [1.54, 1.807) is 0 Å². The van der Waals surface area contributed by atoms with E-state index in [0.29, 0.717) is 0 Å². The van der Waals surface area contributed by atoms with Crippen LogP contribution in [-0.2, 0) is 10.8 Å². The number of rotatable bonds is 1. The van der Waals surface area contributed by atoms with Crippen LogP contribution in [0, 0.1) is 6.92 Å². The van der Waals surface area contributed by atoms with Crippen LogP contribution in [0.3, 0.4) is 0 Å². The van der Waals surface area contributed by atoms with Crippen molar-refractivity contribution in [3.05, 3.63) is 125 Å². The average Bonchev–Trinajstić information content (AvgIpc) is 3.71. The molecule has 0 amide bonds. The molecule has 3 heterocycles. The maximum absolute atomic E-state index is 3.97. The maximum Gasteiger partial charge on any atom is 0.198 e. The topological polar surface area (TPSA) is 20.7 Å². The summed E-state index contributed by atoms with van der Waals surface area (Å²) >= 11 is 0. The Kier molecular flexibility index (Phi) is 4.40. The molecule has 7 aromatic rings. The first kappa shape index (κ1) is 24.7. The van der Waals surface area contributed by atoms with Crippen molar-refractivity contribution in [2.24, 2.45) is 0 Å². The number of nitrogens with one attached hydrogen (secondary N) is 1. The predicted molar refractivity (Wildman–Crippen MR) is 187 cm³/mol. The Morgan fingerprint density at radius 1 is 0.659 bits per heavy atom. The Hall–Kier alpha value is -4.76. The number of aryl methyl sites for hydroxylation is 1. The molecule has 1 N–H and O–H groups in total. The summed E-state index contributed by atoms with van der Waals surface area (Å²) < 4.78 is 2.64. The molecule has 44 heavy (non-hydrogen) atoms. The van der Waals surface area contributed by atoms with Crippen molar-refractivity contribution in [2.45, 2.75) is 45.4 Å². The van der Waals surface area contributed by atoms with Crippen LogP contribution in [0.2, 0.25) is 0 Å². The van der Waals surface area contributed by atoms with E-state index in [-0.39, 0.29) is 10.8 Å². The van der Waals surface area contributed by atoms with Crippen LogP contribution in [0.1, 0.15) is 55.6 Å². The van der Waals surface area contributed by atoms with Gasteiger partial charge in [-0.25, -0.2) is 0 Å². The van der Waals surface area contributed by atoms with Gasteiger partial charge < -0.3 is 9.55 Å². The number of nitrogens with zero attached hydrogens (tertiary/aromatic N) is 1. The van der Waals surface area contributed by atoms with Crippen LogP contribution >= 0.6 is 0 Å². The van der Waals surface area contributed by atoms with Gasteiger partial charge >= 0.3 is 0 Å². The molecule has 0 radical (unpaired) electrons. The van der Waals surface area contributed by atoms with E-state index in [4.69, 9.17) is 0 Å². The number of aromatic amines is 1. The van der Waals surface area contributed by atoms with Crippen molar-refractivity contribution in [1.82, 2.24) is 9.55 Å². The Morgan fingerprint density at radius 3 is 2.16 bits per heavy atom. The number of hydrogen-bond acceptors (Lipinski definition) is 0. The fourth-order valence-corrected chi connectivity index (χ4v) is 9.32. The molecule has 10 rings (SSSR count). The quantitative estimate of drug-likeness (QED) is 0.193. The Balaban J connectivity index is 1.28. The molecule has 0 atom stereocenters. The first-order valence-electron chi connectivity index (χ1n) is 15.9.